The zero-order valence-corrected chi connectivity index (χ0v) is 27.1. The first kappa shape index (κ1) is 30.5. The molecule has 0 aliphatic carbocycles. The maximum Gasteiger partial charge on any atom is 0.437 e. The number of hydrogen-bond donors (Lipinski definition) is 1. The molecule has 1 N–H and O–H groups in total. The number of rotatable bonds is 6. The largest absolute Gasteiger partial charge is 0.437 e. The molecule has 8 rings (SSSR count). The highest BCUT2D eigenvalue weighted by atomic mass is 16.4. The number of amides is 2. The normalized spacial score (nSPS) is 19.6. The van der Waals surface area contributed by atoms with Gasteiger partial charge in [0.15, 0.2) is 0 Å². The van der Waals surface area contributed by atoms with Gasteiger partial charge in [0.25, 0.3) is 0 Å². The van der Waals surface area contributed by atoms with E-state index in [1.165, 1.54) is 10.3 Å². The summed E-state index contributed by atoms with van der Waals surface area (Å²) in [5, 5.41) is 21.8. The number of aromatic amines is 1. The number of nitriles is 1. The number of nitrogens with zero attached hydrogens (tertiary/aromatic N) is 7. The highest BCUT2D eigenvalue weighted by Gasteiger charge is 2.51. The Labute approximate surface area is 281 Å². The average Bonchev–Trinajstić information content (AvgIpc) is 3.91. The van der Waals surface area contributed by atoms with Crippen LogP contribution in [0.2, 0.25) is 0 Å². The lowest BCUT2D eigenvalue weighted by molar-refractivity contribution is -0.132. The van der Waals surface area contributed by atoms with Crippen molar-refractivity contribution in [2.45, 2.75) is 19.3 Å². The quantitative estimate of drug-likeness (QED) is 0.287. The molecule has 1 unspecified atom stereocenters. The summed E-state index contributed by atoms with van der Waals surface area (Å²) in [6.07, 6.45) is 4.34. The molecule has 49 heavy (non-hydrogen) atoms. The van der Waals surface area contributed by atoms with E-state index in [0.717, 1.165) is 58.2 Å². The standard InChI is InChI=1S/C37H34N8O4/c1-42-36(48)49-34(41-42)28-8-6-25(7-9-28)26-12-16-44(17-13-26)32(46)22-43-18-14-37(23-43)15-19-45(35(37)47)29-10-11-31-30(20-29)33(40-39-31)27-4-2-24(21-38)3-5-27/h2-12,20H,13-19,22-23H2,1H3,(H,39,40). The number of benzene rings is 3. The first-order chi connectivity index (χ1) is 23.8. The van der Waals surface area contributed by atoms with Crippen LogP contribution in [0.3, 0.4) is 0 Å². The summed E-state index contributed by atoms with van der Waals surface area (Å²) in [5.74, 6) is -0.0167. The van der Waals surface area contributed by atoms with Crippen LogP contribution in [0.1, 0.15) is 30.4 Å². The van der Waals surface area contributed by atoms with Gasteiger partial charge in [-0.05, 0) is 79.4 Å². The predicted molar refractivity (Wildman–Crippen MR) is 183 cm³/mol. The molecular weight excluding hydrogens is 620 g/mol. The van der Waals surface area contributed by atoms with Gasteiger partial charge in [-0.15, -0.1) is 5.10 Å². The Morgan fingerprint density at radius 3 is 2.45 bits per heavy atom. The summed E-state index contributed by atoms with van der Waals surface area (Å²) in [4.78, 5) is 44.9. The second kappa shape index (κ2) is 12.0. The number of carbonyl (C=O) groups excluding carboxylic acids is 2. The van der Waals surface area contributed by atoms with Gasteiger partial charge in [0.2, 0.25) is 17.7 Å². The van der Waals surface area contributed by atoms with E-state index in [9.17, 15) is 14.4 Å². The van der Waals surface area contributed by atoms with Crippen LogP contribution in [0.4, 0.5) is 5.69 Å². The number of fused-ring (bicyclic) bond motifs is 1. The van der Waals surface area contributed by atoms with Crippen LogP contribution >= 0.6 is 0 Å². The molecule has 12 heteroatoms. The molecule has 2 amide bonds. The lowest BCUT2D eigenvalue weighted by atomic mass is 9.85. The van der Waals surface area contributed by atoms with Crippen LogP contribution in [0, 0.1) is 16.7 Å². The van der Waals surface area contributed by atoms with Gasteiger partial charge in [-0.1, -0.05) is 30.3 Å². The molecule has 1 atom stereocenters. The van der Waals surface area contributed by atoms with Gasteiger partial charge >= 0.3 is 5.76 Å². The minimum absolute atomic E-state index is 0.0796. The Hall–Kier alpha value is -5.80. The summed E-state index contributed by atoms with van der Waals surface area (Å²) in [5.41, 5.74) is 6.47. The Bertz CT molecular complexity index is 2220. The summed E-state index contributed by atoms with van der Waals surface area (Å²) >= 11 is 0. The van der Waals surface area contributed by atoms with Crippen LogP contribution in [0.15, 0.2) is 82.0 Å². The number of nitrogens with one attached hydrogen (secondary N) is 1. The van der Waals surface area contributed by atoms with E-state index >= 15 is 0 Å². The van der Waals surface area contributed by atoms with Gasteiger partial charge in [-0.3, -0.25) is 19.6 Å². The molecule has 5 heterocycles. The summed E-state index contributed by atoms with van der Waals surface area (Å²) in [7, 11) is 1.55. The zero-order valence-electron chi connectivity index (χ0n) is 27.1. The molecule has 5 aromatic rings. The van der Waals surface area contributed by atoms with Gasteiger partial charge in [-0.2, -0.15) is 15.0 Å². The van der Waals surface area contributed by atoms with Crippen LogP contribution in [0.5, 0.6) is 0 Å². The van der Waals surface area contributed by atoms with Crippen molar-refractivity contribution in [2.24, 2.45) is 12.5 Å². The molecule has 2 saturated heterocycles. The van der Waals surface area contributed by atoms with Gasteiger partial charge < -0.3 is 14.2 Å². The first-order valence-electron chi connectivity index (χ1n) is 16.4. The van der Waals surface area contributed by atoms with E-state index in [1.807, 2.05) is 64.4 Å². The fourth-order valence-corrected chi connectivity index (χ4v) is 7.37. The van der Waals surface area contributed by atoms with Crippen molar-refractivity contribution in [1.29, 1.82) is 5.26 Å². The van der Waals surface area contributed by atoms with Crippen molar-refractivity contribution in [3.8, 4) is 28.8 Å². The van der Waals surface area contributed by atoms with Gasteiger partial charge in [0, 0.05) is 55.4 Å². The lowest BCUT2D eigenvalue weighted by Gasteiger charge is -2.29. The second-order valence-corrected chi connectivity index (χ2v) is 13.1. The first-order valence-corrected chi connectivity index (χ1v) is 16.4. The van der Waals surface area contributed by atoms with Gasteiger partial charge in [-0.25, -0.2) is 4.79 Å². The van der Waals surface area contributed by atoms with E-state index in [-0.39, 0.29) is 17.7 Å². The number of H-pyrrole nitrogens is 1. The third-order valence-corrected chi connectivity index (χ3v) is 10.2. The molecule has 1 spiro atoms. The minimum atomic E-state index is -0.501. The molecule has 246 valence electrons. The zero-order chi connectivity index (χ0) is 33.7. The molecular formula is C37H34N8O4. The number of likely N-dealkylation sites (tertiary alicyclic amines) is 1. The number of aromatic nitrogens is 4. The van der Waals surface area contributed by atoms with Crippen LogP contribution in [-0.4, -0.2) is 80.9 Å². The van der Waals surface area contributed by atoms with Crippen LogP contribution < -0.4 is 10.7 Å². The molecule has 12 nitrogen and oxygen atoms in total. The molecule has 3 aliphatic rings. The van der Waals surface area contributed by atoms with Gasteiger partial charge in [0.05, 0.1) is 34.8 Å². The summed E-state index contributed by atoms with van der Waals surface area (Å²) in [6.45, 7) is 3.40. The number of hydrogen-bond acceptors (Lipinski definition) is 8. The molecule has 3 aromatic carbocycles. The maximum absolute atomic E-state index is 14.0. The number of anilines is 1. The Morgan fingerprint density at radius 2 is 1.73 bits per heavy atom. The summed E-state index contributed by atoms with van der Waals surface area (Å²) in [6, 6.07) is 23.2. The van der Waals surface area contributed by atoms with E-state index in [0.29, 0.717) is 44.8 Å². The molecule has 0 bridgehead atoms. The molecule has 2 fully saturated rings. The van der Waals surface area contributed by atoms with E-state index in [2.05, 4.69) is 32.3 Å². The molecule has 0 saturated carbocycles. The van der Waals surface area contributed by atoms with Crippen molar-refractivity contribution < 1.29 is 14.0 Å². The van der Waals surface area contributed by atoms with E-state index < -0.39 is 11.2 Å². The molecule has 0 radical (unpaired) electrons. The predicted octanol–water partition coefficient (Wildman–Crippen LogP) is 4.20. The third-order valence-electron chi connectivity index (χ3n) is 10.2. The van der Waals surface area contributed by atoms with Gasteiger partial charge in [0.1, 0.15) is 0 Å². The highest BCUT2D eigenvalue weighted by Crippen LogP contribution is 2.43. The SMILES string of the molecule is Cn1nc(-c2ccc(C3=CCN(C(=O)CN4CCC5(CCN(c6ccc7[nH]nc(-c8ccc(C#N)cc8)c7c6)C5=O)C4)CC3)cc2)oc1=O. The maximum atomic E-state index is 14.0. The van der Waals surface area contributed by atoms with Crippen molar-refractivity contribution in [3.05, 3.63) is 94.5 Å². The number of aryl methyl sites for hydroxylation is 1. The number of carbonyl (C=O) groups is 2. The van der Waals surface area contributed by atoms with Crippen molar-refractivity contribution in [2.75, 3.05) is 44.2 Å². The topological polar surface area (TPSA) is 144 Å². The summed E-state index contributed by atoms with van der Waals surface area (Å²) < 4.78 is 6.35. The fourth-order valence-electron chi connectivity index (χ4n) is 7.37. The second-order valence-electron chi connectivity index (χ2n) is 13.1. The van der Waals surface area contributed by atoms with E-state index in [1.54, 1.807) is 19.2 Å². The Kier molecular flexibility index (Phi) is 7.49. The smallest absolute Gasteiger partial charge is 0.388 e. The van der Waals surface area contributed by atoms with Crippen LogP contribution in [-0.2, 0) is 16.6 Å². The highest BCUT2D eigenvalue weighted by molar-refractivity contribution is 6.03. The van der Waals surface area contributed by atoms with Crippen LogP contribution in [0.25, 0.3) is 39.2 Å². The molecule has 2 aromatic heterocycles. The lowest BCUT2D eigenvalue weighted by Crippen LogP contribution is -2.43. The van der Waals surface area contributed by atoms with Crippen molar-refractivity contribution >= 4 is 34.0 Å². The van der Waals surface area contributed by atoms with Crippen molar-refractivity contribution in [1.82, 2.24) is 29.8 Å². The Morgan fingerprint density at radius 1 is 0.980 bits per heavy atom. The van der Waals surface area contributed by atoms with E-state index in [4.69, 9.17) is 9.68 Å². The molecule has 3 aliphatic heterocycles. The Balaban J connectivity index is 0.893. The monoisotopic (exact) mass is 654 g/mol. The average molecular weight is 655 g/mol. The van der Waals surface area contributed by atoms with Crippen molar-refractivity contribution in [3.63, 3.8) is 0 Å². The third kappa shape index (κ3) is 5.52. The minimum Gasteiger partial charge on any atom is -0.388 e. The fraction of sp³-hybridized carbons (Fsp3) is 0.297.